The van der Waals surface area contributed by atoms with Crippen molar-refractivity contribution in [2.75, 3.05) is 25.2 Å². The molecule has 0 bridgehead atoms. The fourth-order valence-electron chi connectivity index (χ4n) is 1.96. The Labute approximate surface area is 170 Å². The predicted octanol–water partition coefficient (Wildman–Crippen LogP) is -3.93. The van der Waals surface area contributed by atoms with E-state index in [4.69, 9.17) is 21.1 Å². The van der Waals surface area contributed by atoms with Gasteiger partial charge in [-0.15, -0.1) is 0 Å². The molecule has 0 aromatic heterocycles. The summed E-state index contributed by atoms with van der Waals surface area (Å²) in [5, 5.41) is 42.1. The number of carbonyl (C=O) groups excluding carboxylic acids is 3. The Kier molecular flexibility index (Phi) is 12.6. The molecule has 14 heteroatoms. The number of nitrogens with one attached hydrogen (secondary N) is 3. The van der Waals surface area contributed by atoms with Crippen LogP contribution in [0.4, 0.5) is 0 Å². The maximum Gasteiger partial charge on any atom is 0.328 e. The fraction of sp³-hybridized carbons (Fsp3) is 0.667. The summed E-state index contributed by atoms with van der Waals surface area (Å²) in [5.74, 6) is -5.44. The molecule has 0 saturated carbocycles. The summed E-state index contributed by atoms with van der Waals surface area (Å²) in [6.45, 7) is -1.82. The van der Waals surface area contributed by atoms with E-state index in [2.05, 4.69) is 5.32 Å². The Morgan fingerprint density at radius 1 is 0.862 bits per heavy atom. The van der Waals surface area contributed by atoms with Gasteiger partial charge < -0.3 is 42.1 Å². The minimum absolute atomic E-state index is 0.314. The van der Waals surface area contributed by atoms with Crippen molar-refractivity contribution in [2.45, 2.75) is 37.0 Å². The molecule has 13 nitrogen and oxygen atoms in total. The minimum atomic E-state index is -1.72. The summed E-state index contributed by atoms with van der Waals surface area (Å²) in [6.07, 6.45) is 1.22. The number of hydrogen-bond acceptors (Lipinski definition) is 9. The molecule has 0 aromatic carbocycles. The summed E-state index contributed by atoms with van der Waals surface area (Å²) in [6, 6.07) is -5.88. The Hall–Kier alpha value is -2.42. The number of carboxylic acids is 2. The number of rotatable bonds is 14. The van der Waals surface area contributed by atoms with E-state index in [1.165, 1.54) is 11.8 Å². The zero-order valence-corrected chi connectivity index (χ0v) is 16.5. The first-order valence-corrected chi connectivity index (χ1v) is 9.78. The molecule has 0 fully saturated rings. The zero-order valence-electron chi connectivity index (χ0n) is 15.7. The number of aliphatic carboxylic acids is 2. The van der Waals surface area contributed by atoms with Crippen LogP contribution in [0.5, 0.6) is 0 Å². The molecule has 4 atom stereocenters. The van der Waals surface area contributed by atoms with E-state index in [-0.39, 0.29) is 0 Å². The van der Waals surface area contributed by atoms with Crippen molar-refractivity contribution in [2.24, 2.45) is 5.73 Å². The van der Waals surface area contributed by atoms with Crippen molar-refractivity contribution in [3.63, 3.8) is 0 Å². The SMILES string of the molecule is CSCC[C@H](N)C(=O)N[C@@H](CO)C(=O)N[C@@H](CC(=O)O)C(=O)N[C@@H](CO)C(=O)O. The molecule has 0 rings (SSSR count). The van der Waals surface area contributed by atoms with Gasteiger partial charge in [0, 0.05) is 0 Å². The predicted molar refractivity (Wildman–Crippen MR) is 101 cm³/mol. The second-order valence-corrected chi connectivity index (χ2v) is 6.86. The van der Waals surface area contributed by atoms with Gasteiger partial charge >= 0.3 is 11.9 Å². The van der Waals surface area contributed by atoms with Gasteiger partial charge in [-0.3, -0.25) is 19.2 Å². The second-order valence-electron chi connectivity index (χ2n) is 5.87. The van der Waals surface area contributed by atoms with Crippen molar-refractivity contribution in [3.05, 3.63) is 0 Å². The van der Waals surface area contributed by atoms with Crippen molar-refractivity contribution >= 4 is 41.4 Å². The Bertz CT molecular complexity index is 604. The summed E-state index contributed by atoms with van der Waals surface area (Å²) in [5.41, 5.74) is 5.66. The number of hydrogen-bond donors (Lipinski definition) is 8. The molecular weight excluding hydrogens is 412 g/mol. The van der Waals surface area contributed by atoms with E-state index >= 15 is 0 Å². The van der Waals surface area contributed by atoms with Crippen LogP contribution < -0.4 is 21.7 Å². The van der Waals surface area contributed by atoms with Gasteiger partial charge in [0.2, 0.25) is 17.7 Å². The number of amides is 3. The lowest BCUT2D eigenvalue weighted by molar-refractivity contribution is -0.144. The van der Waals surface area contributed by atoms with E-state index in [1.807, 2.05) is 16.9 Å². The van der Waals surface area contributed by atoms with Crippen LogP contribution in [-0.2, 0) is 24.0 Å². The molecular formula is C15H26N4O9S. The number of thioether (sulfide) groups is 1. The van der Waals surface area contributed by atoms with Gasteiger partial charge in [0.25, 0.3) is 0 Å². The van der Waals surface area contributed by atoms with Crippen LogP contribution in [0, 0.1) is 0 Å². The van der Waals surface area contributed by atoms with Gasteiger partial charge in [-0.2, -0.15) is 11.8 Å². The highest BCUT2D eigenvalue weighted by atomic mass is 32.2. The Balaban J connectivity index is 5.12. The van der Waals surface area contributed by atoms with Crippen LogP contribution >= 0.6 is 11.8 Å². The van der Waals surface area contributed by atoms with Gasteiger partial charge in [-0.05, 0) is 18.4 Å². The third-order valence-corrected chi connectivity index (χ3v) is 4.24. The van der Waals surface area contributed by atoms with Crippen molar-refractivity contribution in [1.82, 2.24) is 16.0 Å². The second kappa shape index (κ2) is 13.7. The summed E-state index contributed by atoms with van der Waals surface area (Å²) in [4.78, 5) is 58.2. The van der Waals surface area contributed by atoms with E-state index in [0.29, 0.717) is 12.2 Å². The summed E-state index contributed by atoms with van der Waals surface area (Å²) in [7, 11) is 0. The highest BCUT2D eigenvalue weighted by Gasteiger charge is 2.31. The summed E-state index contributed by atoms with van der Waals surface area (Å²) < 4.78 is 0. The molecule has 0 aromatic rings. The topological polar surface area (TPSA) is 228 Å². The molecule has 0 aliphatic carbocycles. The van der Waals surface area contributed by atoms with Gasteiger partial charge in [-0.1, -0.05) is 0 Å². The Morgan fingerprint density at radius 2 is 1.34 bits per heavy atom. The monoisotopic (exact) mass is 438 g/mol. The molecule has 166 valence electrons. The van der Waals surface area contributed by atoms with Crippen molar-refractivity contribution in [1.29, 1.82) is 0 Å². The maximum atomic E-state index is 12.3. The molecule has 3 amide bonds. The molecule has 0 spiro atoms. The van der Waals surface area contributed by atoms with Gasteiger partial charge in [-0.25, -0.2) is 4.79 Å². The van der Waals surface area contributed by atoms with E-state index in [1.54, 1.807) is 0 Å². The molecule has 0 aliphatic rings. The molecule has 0 aliphatic heterocycles. The van der Waals surface area contributed by atoms with Crippen molar-refractivity contribution in [3.8, 4) is 0 Å². The molecule has 0 unspecified atom stereocenters. The third kappa shape index (κ3) is 10.1. The van der Waals surface area contributed by atoms with Crippen LogP contribution in [0.2, 0.25) is 0 Å². The van der Waals surface area contributed by atoms with Gasteiger partial charge in [0.05, 0.1) is 25.7 Å². The first-order valence-electron chi connectivity index (χ1n) is 8.39. The number of carbonyl (C=O) groups is 5. The third-order valence-electron chi connectivity index (χ3n) is 3.59. The quantitative estimate of drug-likeness (QED) is 0.130. The minimum Gasteiger partial charge on any atom is -0.481 e. The average molecular weight is 438 g/mol. The van der Waals surface area contributed by atoms with Crippen LogP contribution in [0.15, 0.2) is 0 Å². The summed E-state index contributed by atoms with van der Waals surface area (Å²) >= 11 is 1.46. The maximum absolute atomic E-state index is 12.3. The Morgan fingerprint density at radius 3 is 1.79 bits per heavy atom. The number of carboxylic acid groups (broad SMARTS) is 2. The highest BCUT2D eigenvalue weighted by molar-refractivity contribution is 7.98. The zero-order chi connectivity index (χ0) is 22.6. The van der Waals surface area contributed by atoms with E-state index in [9.17, 15) is 29.1 Å². The van der Waals surface area contributed by atoms with Gasteiger partial charge in [0.15, 0.2) is 0 Å². The fourth-order valence-corrected chi connectivity index (χ4v) is 2.45. The van der Waals surface area contributed by atoms with Crippen LogP contribution in [-0.4, -0.2) is 99.5 Å². The molecule has 0 radical (unpaired) electrons. The molecule has 9 N–H and O–H groups in total. The van der Waals surface area contributed by atoms with Gasteiger partial charge in [0.1, 0.15) is 18.1 Å². The molecule has 0 saturated heterocycles. The average Bonchev–Trinajstić information content (AvgIpc) is 2.66. The number of aliphatic hydroxyl groups excluding tert-OH is 2. The smallest absolute Gasteiger partial charge is 0.328 e. The van der Waals surface area contributed by atoms with E-state index < -0.39 is 73.5 Å². The number of aliphatic hydroxyl groups is 2. The van der Waals surface area contributed by atoms with E-state index in [0.717, 1.165) is 0 Å². The normalized spacial score (nSPS) is 14.8. The first-order chi connectivity index (χ1) is 13.6. The first kappa shape index (κ1) is 26.6. The molecule has 29 heavy (non-hydrogen) atoms. The number of nitrogens with two attached hydrogens (primary N) is 1. The highest BCUT2D eigenvalue weighted by Crippen LogP contribution is 2.00. The lowest BCUT2D eigenvalue weighted by Crippen LogP contribution is -2.58. The lowest BCUT2D eigenvalue weighted by Gasteiger charge is -2.23. The lowest BCUT2D eigenvalue weighted by atomic mass is 10.1. The standard InChI is InChI=1S/C15H26N4O9S/c1-29-3-2-7(16)12(24)18-9(5-20)14(26)17-8(4-11(22)23)13(25)19-10(6-21)15(27)28/h7-10,20-21H,2-6,16H2,1H3,(H,17,26)(H,18,24)(H,19,25)(H,22,23)(H,27,28)/t7-,8-,9-,10-/m0/s1. The largest absolute Gasteiger partial charge is 0.481 e. The van der Waals surface area contributed by atoms with Crippen LogP contribution in [0.25, 0.3) is 0 Å². The van der Waals surface area contributed by atoms with Crippen molar-refractivity contribution < 1.29 is 44.4 Å². The van der Waals surface area contributed by atoms with Crippen LogP contribution in [0.3, 0.4) is 0 Å². The van der Waals surface area contributed by atoms with Crippen LogP contribution in [0.1, 0.15) is 12.8 Å². The molecule has 0 heterocycles.